The number of hydrogen-bond acceptors (Lipinski definition) is 2. The molecular weight excluding hydrogens is 372 g/mol. The van der Waals surface area contributed by atoms with Crippen molar-refractivity contribution in [1.82, 2.24) is 0 Å². The zero-order chi connectivity index (χ0) is 21.9. The predicted octanol–water partition coefficient (Wildman–Crippen LogP) is 8.36. The number of allylic oxidation sites excluding steroid dienone is 2. The molecule has 170 valence electrons. The standard InChI is InChI=1S/C27H44O3/c1-3-5-6-7-8-9-10-11-12-13-14-15-16-17-18-19-21-24-22-20-23-25(27(28)29)26(24)30-4-2/h11-12,20,22-23H,3-10,13-19,21H2,1-2H3,(H,28,29). The van der Waals surface area contributed by atoms with Crippen LogP contribution in [0, 0.1) is 0 Å². The Kier molecular flexibility index (Phi) is 15.8. The van der Waals surface area contributed by atoms with E-state index in [9.17, 15) is 9.90 Å². The van der Waals surface area contributed by atoms with Crippen LogP contribution in [-0.2, 0) is 6.42 Å². The van der Waals surface area contributed by atoms with E-state index in [0.717, 1.165) is 18.4 Å². The van der Waals surface area contributed by atoms with Crippen LogP contribution >= 0.6 is 0 Å². The lowest BCUT2D eigenvalue weighted by atomic mass is 10.0. The molecule has 0 amide bonds. The summed E-state index contributed by atoms with van der Waals surface area (Å²) in [6, 6.07) is 5.44. The van der Waals surface area contributed by atoms with Gasteiger partial charge in [-0.15, -0.1) is 0 Å². The maximum absolute atomic E-state index is 11.4. The normalized spacial score (nSPS) is 11.3. The van der Waals surface area contributed by atoms with Crippen LogP contribution in [0.4, 0.5) is 0 Å². The molecule has 0 spiro atoms. The topological polar surface area (TPSA) is 46.5 Å². The van der Waals surface area contributed by atoms with E-state index in [-0.39, 0.29) is 5.56 Å². The van der Waals surface area contributed by atoms with Gasteiger partial charge in [0, 0.05) is 0 Å². The lowest BCUT2D eigenvalue weighted by Gasteiger charge is -2.13. The second-order valence-electron chi connectivity index (χ2n) is 8.22. The largest absolute Gasteiger partial charge is 0.493 e. The summed E-state index contributed by atoms with van der Waals surface area (Å²) in [7, 11) is 0. The fraction of sp³-hybridized carbons (Fsp3) is 0.667. The highest BCUT2D eigenvalue weighted by Gasteiger charge is 2.14. The summed E-state index contributed by atoms with van der Waals surface area (Å²) in [6.07, 6.45) is 23.8. The van der Waals surface area contributed by atoms with Gasteiger partial charge in [0.1, 0.15) is 11.3 Å². The zero-order valence-corrected chi connectivity index (χ0v) is 19.5. The predicted molar refractivity (Wildman–Crippen MR) is 128 cm³/mol. The first kappa shape index (κ1) is 26.3. The van der Waals surface area contributed by atoms with Crippen molar-refractivity contribution in [3.05, 3.63) is 41.5 Å². The number of carboxylic acid groups (broad SMARTS) is 1. The van der Waals surface area contributed by atoms with Crippen LogP contribution in [0.5, 0.6) is 5.75 Å². The SMILES string of the molecule is CCCCCCCCC=CCCCCCCCCc1cccc(C(=O)O)c1OCC. The molecule has 1 aromatic carbocycles. The van der Waals surface area contributed by atoms with Crippen molar-refractivity contribution in [2.24, 2.45) is 0 Å². The maximum Gasteiger partial charge on any atom is 0.339 e. The molecule has 0 fully saturated rings. The molecule has 3 nitrogen and oxygen atoms in total. The summed E-state index contributed by atoms with van der Waals surface area (Å²) in [5.74, 6) is -0.360. The molecule has 0 atom stereocenters. The minimum Gasteiger partial charge on any atom is -0.493 e. The minimum absolute atomic E-state index is 0.277. The number of unbranched alkanes of at least 4 members (excludes halogenated alkanes) is 12. The molecule has 0 radical (unpaired) electrons. The Labute approximate surface area is 184 Å². The number of aryl methyl sites for hydroxylation is 1. The lowest BCUT2D eigenvalue weighted by molar-refractivity contribution is 0.0692. The molecule has 30 heavy (non-hydrogen) atoms. The van der Waals surface area contributed by atoms with E-state index in [1.165, 1.54) is 83.5 Å². The van der Waals surface area contributed by atoms with E-state index in [0.29, 0.717) is 12.4 Å². The number of hydrogen-bond donors (Lipinski definition) is 1. The third-order valence-corrected chi connectivity index (χ3v) is 5.57. The number of ether oxygens (including phenoxy) is 1. The smallest absolute Gasteiger partial charge is 0.339 e. The summed E-state index contributed by atoms with van der Waals surface area (Å²) in [5, 5.41) is 9.34. The van der Waals surface area contributed by atoms with Crippen LogP contribution in [0.1, 0.15) is 120 Å². The third kappa shape index (κ3) is 12.0. The van der Waals surface area contributed by atoms with Crippen LogP contribution in [0.15, 0.2) is 30.4 Å². The average molecular weight is 417 g/mol. The number of para-hydroxylation sites is 1. The first-order chi connectivity index (χ1) is 14.7. The van der Waals surface area contributed by atoms with Crippen molar-refractivity contribution >= 4 is 5.97 Å². The first-order valence-corrected chi connectivity index (χ1v) is 12.3. The van der Waals surface area contributed by atoms with Gasteiger partial charge in [0.15, 0.2) is 0 Å². The molecule has 0 aliphatic heterocycles. The van der Waals surface area contributed by atoms with E-state index in [2.05, 4.69) is 19.1 Å². The van der Waals surface area contributed by atoms with Crippen molar-refractivity contribution in [3.8, 4) is 5.75 Å². The van der Waals surface area contributed by atoms with Gasteiger partial charge in [-0.05, 0) is 57.1 Å². The minimum atomic E-state index is -0.915. The van der Waals surface area contributed by atoms with Gasteiger partial charge in [-0.1, -0.05) is 89.0 Å². The van der Waals surface area contributed by atoms with Gasteiger partial charge in [-0.2, -0.15) is 0 Å². The Balaban J connectivity index is 2.06. The first-order valence-electron chi connectivity index (χ1n) is 12.3. The van der Waals surface area contributed by atoms with Crippen molar-refractivity contribution in [2.45, 2.75) is 110 Å². The molecule has 1 rings (SSSR count). The lowest BCUT2D eigenvalue weighted by Crippen LogP contribution is -2.05. The summed E-state index contributed by atoms with van der Waals surface area (Å²) >= 11 is 0. The van der Waals surface area contributed by atoms with Crippen molar-refractivity contribution in [2.75, 3.05) is 6.61 Å². The quantitative estimate of drug-likeness (QED) is 0.182. The van der Waals surface area contributed by atoms with Crippen LogP contribution in [0.25, 0.3) is 0 Å². The second-order valence-corrected chi connectivity index (χ2v) is 8.22. The Hall–Kier alpha value is -1.77. The van der Waals surface area contributed by atoms with Crippen LogP contribution in [-0.4, -0.2) is 17.7 Å². The number of carbonyl (C=O) groups is 1. The monoisotopic (exact) mass is 416 g/mol. The Bertz CT molecular complexity index is 592. The van der Waals surface area contributed by atoms with Crippen LogP contribution < -0.4 is 4.74 Å². The molecule has 0 saturated carbocycles. The summed E-state index contributed by atoms with van der Waals surface area (Å²) in [5.41, 5.74) is 1.30. The van der Waals surface area contributed by atoms with Crippen molar-refractivity contribution in [3.63, 3.8) is 0 Å². The molecule has 0 aliphatic rings. The summed E-state index contributed by atoms with van der Waals surface area (Å²) in [4.78, 5) is 11.4. The van der Waals surface area contributed by atoms with Gasteiger partial charge in [-0.3, -0.25) is 0 Å². The number of benzene rings is 1. The molecule has 0 aliphatic carbocycles. The highest BCUT2D eigenvalue weighted by molar-refractivity contribution is 5.91. The molecular formula is C27H44O3. The van der Waals surface area contributed by atoms with E-state index in [1.807, 2.05) is 19.1 Å². The number of carboxylic acids is 1. The Morgan fingerprint density at radius 1 is 0.833 bits per heavy atom. The van der Waals surface area contributed by atoms with E-state index in [4.69, 9.17) is 4.74 Å². The maximum atomic E-state index is 11.4. The molecule has 0 saturated heterocycles. The van der Waals surface area contributed by atoms with Crippen LogP contribution in [0.2, 0.25) is 0 Å². The summed E-state index contributed by atoms with van der Waals surface area (Å²) < 4.78 is 5.62. The Morgan fingerprint density at radius 3 is 1.97 bits per heavy atom. The number of aromatic carboxylic acids is 1. The average Bonchev–Trinajstić information content (AvgIpc) is 2.74. The fourth-order valence-electron chi connectivity index (χ4n) is 3.83. The van der Waals surface area contributed by atoms with E-state index < -0.39 is 5.97 Å². The molecule has 1 aromatic rings. The van der Waals surface area contributed by atoms with Crippen LogP contribution in [0.3, 0.4) is 0 Å². The van der Waals surface area contributed by atoms with E-state index >= 15 is 0 Å². The molecule has 0 heterocycles. The van der Waals surface area contributed by atoms with Gasteiger partial charge in [-0.25, -0.2) is 4.79 Å². The Morgan fingerprint density at radius 2 is 1.40 bits per heavy atom. The van der Waals surface area contributed by atoms with Gasteiger partial charge in [0.05, 0.1) is 6.61 Å². The highest BCUT2D eigenvalue weighted by Crippen LogP contribution is 2.26. The van der Waals surface area contributed by atoms with Gasteiger partial charge < -0.3 is 9.84 Å². The second kappa shape index (κ2) is 18.0. The van der Waals surface area contributed by atoms with Gasteiger partial charge in [0.25, 0.3) is 0 Å². The third-order valence-electron chi connectivity index (χ3n) is 5.57. The zero-order valence-electron chi connectivity index (χ0n) is 19.5. The van der Waals surface area contributed by atoms with E-state index in [1.54, 1.807) is 6.07 Å². The molecule has 0 unspecified atom stereocenters. The van der Waals surface area contributed by atoms with Gasteiger partial charge in [0.2, 0.25) is 0 Å². The molecule has 0 bridgehead atoms. The molecule has 3 heteroatoms. The fourth-order valence-corrected chi connectivity index (χ4v) is 3.83. The van der Waals surface area contributed by atoms with Crippen molar-refractivity contribution < 1.29 is 14.6 Å². The molecule has 1 N–H and O–H groups in total. The summed E-state index contributed by atoms with van der Waals surface area (Å²) in [6.45, 7) is 4.65. The molecule has 0 aromatic heterocycles. The highest BCUT2D eigenvalue weighted by atomic mass is 16.5. The van der Waals surface area contributed by atoms with Crippen molar-refractivity contribution in [1.29, 1.82) is 0 Å². The van der Waals surface area contributed by atoms with Gasteiger partial charge >= 0.3 is 5.97 Å². The number of rotatable bonds is 19.